The molecular formula is C38H44N6O5. The van der Waals surface area contributed by atoms with E-state index in [-0.39, 0.29) is 36.3 Å². The molecule has 11 heteroatoms. The van der Waals surface area contributed by atoms with Crippen LogP contribution in [0.15, 0.2) is 78.9 Å². The van der Waals surface area contributed by atoms with Crippen molar-refractivity contribution in [2.45, 2.75) is 71.1 Å². The zero-order chi connectivity index (χ0) is 35.3. The lowest BCUT2D eigenvalue weighted by Crippen LogP contribution is -2.57. The minimum Gasteiger partial charge on any atom is -0.354 e. The van der Waals surface area contributed by atoms with Gasteiger partial charge in [-0.1, -0.05) is 68.4 Å². The number of hydrogen-bond acceptors (Lipinski definition) is 6. The van der Waals surface area contributed by atoms with Gasteiger partial charge in [0.2, 0.25) is 17.7 Å². The van der Waals surface area contributed by atoms with Crippen LogP contribution in [0.2, 0.25) is 0 Å². The zero-order valence-corrected chi connectivity index (χ0v) is 28.2. The van der Waals surface area contributed by atoms with E-state index in [1.807, 2.05) is 44.2 Å². The van der Waals surface area contributed by atoms with Gasteiger partial charge in [0.15, 0.2) is 0 Å². The molecule has 2 heterocycles. The maximum absolute atomic E-state index is 13.7. The quantitative estimate of drug-likeness (QED) is 0.306. The molecule has 4 N–H and O–H groups in total. The smallest absolute Gasteiger partial charge is 0.255 e. The van der Waals surface area contributed by atoms with E-state index >= 15 is 0 Å². The Hall–Kier alpha value is -5.50. The third-order valence-corrected chi connectivity index (χ3v) is 8.31. The molecule has 0 radical (unpaired) electrons. The number of rotatable bonds is 5. The lowest BCUT2D eigenvalue weighted by Gasteiger charge is -2.25. The fourth-order valence-electron chi connectivity index (χ4n) is 5.62. The van der Waals surface area contributed by atoms with Gasteiger partial charge in [-0.3, -0.25) is 24.0 Å². The summed E-state index contributed by atoms with van der Waals surface area (Å²) in [5, 5.41) is 20.8. The van der Waals surface area contributed by atoms with Crippen molar-refractivity contribution < 1.29 is 24.0 Å². The number of carbonyl (C=O) groups excluding carboxylic acids is 5. The minimum absolute atomic E-state index is 0.0511. The van der Waals surface area contributed by atoms with Crippen LogP contribution in [0.3, 0.4) is 0 Å². The number of fused-ring (bicyclic) bond motifs is 18. The Bertz CT molecular complexity index is 1670. The Kier molecular flexibility index (Phi) is 13.0. The van der Waals surface area contributed by atoms with Gasteiger partial charge in [0.05, 0.1) is 17.2 Å². The summed E-state index contributed by atoms with van der Waals surface area (Å²) in [6.07, 6.45) is 1.64. The summed E-state index contributed by atoms with van der Waals surface area (Å²) in [6.45, 7) is 6.34. The Balaban J connectivity index is 1.64. The maximum Gasteiger partial charge on any atom is 0.255 e. The van der Waals surface area contributed by atoms with Crippen LogP contribution in [-0.4, -0.2) is 65.7 Å². The van der Waals surface area contributed by atoms with E-state index < -0.39 is 35.8 Å². The molecule has 0 saturated carbocycles. The maximum atomic E-state index is 13.7. The summed E-state index contributed by atoms with van der Waals surface area (Å²) >= 11 is 0. The predicted octanol–water partition coefficient (Wildman–Crippen LogP) is 3.49. The molecule has 0 fully saturated rings. The molecule has 2 aliphatic heterocycles. The number of benzene rings is 3. The molecule has 2 aliphatic rings. The molecular weight excluding hydrogens is 620 g/mol. The predicted molar refractivity (Wildman–Crippen MR) is 185 cm³/mol. The molecule has 49 heavy (non-hydrogen) atoms. The van der Waals surface area contributed by atoms with E-state index in [4.69, 9.17) is 0 Å². The van der Waals surface area contributed by atoms with Crippen molar-refractivity contribution in [3.63, 3.8) is 0 Å². The molecule has 0 saturated heterocycles. The van der Waals surface area contributed by atoms with Crippen molar-refractivity contribution in [2.75, 3.05) is 13.1 Å². The van der Waals surface area contributed by atoms with Gasteiger partial charge in [-0.15, -0.1) is 0 Å². The summed E-state index contributed by atoms with van der Waals surface area (Å²) < 4.78 is 0. The van der Waals surface area contributed by atoms with Crippen molar-refractivity contribution >= 4 is 29.5 Å². The second-order valence-corrected chi connectivity index (χ2v) is 12.7. The van der Waals surface area contributed by atoms with Crippen LogP contribution in [0.4, 0.5) is 0 Å². The highest BCUT2D eigenvalue weighted by Gasteiger charge is 2.30. The number of hydrogen-bond donors (Lipinski definition) is 4. The van der Waals surface area contributed by atoms with Gasteiger partial charge < -0.3 is 26.2 Å². The summed E-state index contributed by atoms with van der Waals surface area (Å²) in [5.74, 6) is -2.12. The molecule has 3 aromatic carbocycles. The topological polar surface area (TPSA) is 160 Å². The van der Waals surface area contributed by atoms with Crippen molar-refractivity contribution in [1.82, 2.24) is 26.2 Å². The highest BCUT2D eigenvalue weighted by Crippen LogP contribution is 2.16. The molecule has 5 rings (SSSR count). The SMILES string of the molecule is CC(C)C[C@@H]1NC(=O)[C@@H](Cc2ccccc2)NC(=O)c2ccc(cc2)CN(C(=O)c2ccccc2C#N)CCCCNC(=O)[C@@H](C)NC1=O. The van der Waals surface area contributed by atoms with Crippen LogP contribution >= 0.6 is 0 Å². The first-order chi connectivity index (χ1) is 23.5. The van der Waals surface area contributed by atoms with Crippen molar-refractivity contribution in [3.8, 4) is 6.07 Å². The fraction of sp³-hybridized carbons (Fsp3) is 0.368. The Morgan fingerprint density at radius 2 is 1.51 bits per heavy atom. The molecule has 0 unspecified atom stereocenters. The third-order valence-electron chi connectivity index (χ3n) is 8.31. The highest BCUT2D eigenvalue weighted by molar-refractivity contribution is 5.99. The lowest BCUT2D eigenvalue weighted by molar-refractivity contribution is -0.132. The van der Waals surface area contributed by atoms with Gasteiger partial charge in [0.1, 0.15) is 18.1 Å². The molecule has 3 atom stereocenters. The number of nitrogens with zero attached hydrogens (tertiary/aromatic N) is 2. The first-order valence-corrected chi connectivity index (χ1v) is 16.7. The summed E-state index contributed by atoms with van der Waals surface area (Å²) in [7, 11) is 0. The molecule has 3 aromatic rings. The second kappa shape index (κ2) is 17.6. The van der Waals surface area contributed by atoms with Crippen molar-refractivity contribution in [2.24, 2.45) is 5.92 Å². The van der Waals surface area contributed by atoms with Gasteiger partial charge >= 0.3 is 0 Å². The summed E-state index contributed by atoms with van der Waals surface area (Å²) in [5.41, 5.74) is 2.48. The van der Waals surface area contributed by atoms with E-state index in [9.17, 15) is 29.2 Å². The average Bonchev–Trinajstić information content (AvgIpc) is 3.10. The molecule has 2 bridgehead atoms. The fourth-order valence-corrected chi connectivity index (χ4v) is 5.62. The number of nitriles is 1. The van der Waals surface area contributed by atoms with Gasteiger partial charge in [-0.25, -0.2) is 0 Å². The van der Waals surface area contributed by atoms with E-state index in [0.717, 1.165) is 11.1 Å². The van der Waals surface area contributed by atoms with Crippen molar-refractivity contribution in [1.29, 1.82) is 5.26 Å². The molecule has 0 spiro atoms. The van der Waals surface area contributed by atoms with Crippen LogP contribution in [0.1, 0.15) is 77.4 Å². The van der Waals surface area contributed by atoms with Crippen LogP contribution < -0.4 is 21.3 Å². The standard InChI is InChI=1S/C38H44N6O5/c1-25(2)21-32-36(47)41-26(3)34(45)40-19-9-10-20-44(38(49)31-14-8-7-13-30(31)23-39)24-28-15-17-29(18-16-28)35(46)42-33(37(48)43-32)22-27-11-5-4-6-12-27/h4-8,11-18,25-26,32-33H,9-10,19-22,24H2,1-3H3,(H,40,45)(H,41,47)(H,42,46)(H,43,48)/t26-,32+,33-/m1/s1. The molecule has 11 nitrogen and oxygen atoms in total. The zero-order valence-electron chi connectivity index (χ0n) is 28.2. The third kappa shape index (κ3) is 10.5. The van der Waals surface area contributed by atoms with Crippen molar-refractivity contribution in [3.05, 3.63) is 107 Å². The first-order valence-electron chi connectivity index (χ1n) is 16.7. The van der Waals surface area contributed by atoms with Crippen LogP contribution in [-0.2, 0) is 27.3 Å². The Morgan fingerprint density at radius 3 is 2.20 bits per heavy atom. The number of amides is 5. The Labute approximate surface area is 287 Å². The van der Waals surface area contributed by atoms with E-state index in [0.29, 0.717) is 43.5 Å². The monoisotopic (exact) mass is 664 g/mol. The van der Waals surface area contributed by atoms with Crippen LogP contribution in [0, 0.1) is 17.2 Å². The van der Waals surface area contributed by atoms with Gasteiger partial charge in [0, 0.05) is 31.6 Å². The summed E-state index contributed by atoms with van der Waals surface area (Å²) in [4.78, 5) is 68.8. The molecule has 0 aliphatic carbocycles. The van der Waals surface area contributed by atoms with Gasteiger partial charge in [0.25, 0.3) is 11.8 Å². The normalized spacial score (nSPS) is 19.9. The largest absolute Gasteiger partial charge is 0.354 e. The lowest BCUT2D eigenvalue weighted by atomic mass is 10.0. The van der Waals surface area contributed by atoms with E-state index in [1.54, 1.807) is 60.4 Å². The minimum atomic E-state index is -1.000. The number of nitrogens with one attached hydrogen (secondary N) is 4. The van der Waals surface area contributed by atoms with Gasteiger partial charge in [-0.05, 0) is 67.5 Å². The van der Waals surface area contributed by atoms with Crippen LogP contribution in [0.5, 0.6) is 0 Å². The number of carbonyl (C=O) groups is 5. The highest BCUT2D eigenvalue weighted by atomic mass is 16.2. The summed E-state index contributed by atoms with van der Waals surface area (Å²) in [6, 6.07) is 22.0. The molecule has 256 valence electrons. The second-order valence-electron chi connectivity index (χ2n) is 12.7. The van der Waals surface area contributed by atoms with E-state index in [1.165, 1.54) is 0 Å². The average molecular weight is 665 g/mol. The van der Waals surface area contributed by atoms with E-state index in [2.05, 4.69) is 27.3 Å². The van der Waals surface area contributed by atoms with Gasteiger partial charge in [-0.2, -0.15) is 5.26 Å². The molecule has 5 amide bonds. The molecule has 0 aromatic heterocycles. The Morgan fingerprint density at radius 1 is 0.837 bits per heavy atom. The first kappa shape index (κ1) is 36.3. The van der Waals surface area contributed by atoms with Crippen LogP contribution in [0.25, 0.3) is 0 Å².